The number of carbonyl (C=O) groups is 3. The van der Waals surface area contributed by atoms with Crippen LogP contribution in [0.5, 0.6) is 0 Å². The molecule has 2 aromatic rings. The lowest BCUT2D eigenvalue weighted by molar-refractivity contribution is -0.135. The second kappa shape index (κ2) is 7.98. The van der Waals surface area contributed by atoms with E-state index in [1.807, 2.05) is 0 Å². The van der Waals surface area contributed by atoms with E-state index >= 15 is 0 Å². The first-order valence-corrected chi connectivity index (χ1v) is 8.30. The van der Waals surface area contributed by atoms with Gasteiger partial charge in [-0.15, -0.1) is 0 Å². The highest BCUT2D eigenvalue weighted by atomic mass is 19.1. The molecule has 0 spiro atoms. The summed E-state index contributed by atoms with van der Waals surface area (Å²) in [6, 6.07) is 6.37. The number of para-hydroxylation sites is 1. The van der Waals surface area contributed by atoms with Gasteiger partial charge >= 0.3 is 0 Å². The van der Waals surface area contributed by atoms with Gasteiger partial charge in [0.1, 0.15) is 23.7 Å². The summed E-state index contributed by atoms with van der Waals surface area (Å²) in [6.45, 7) is 1.11. The molecule has 0 unspecified atom stereocenters. The highest BCUT2D eigenvalue weighted by Crippen LogP contribution is 2.18. The molecule has 3 rings (SSSR count). The van der Waals surface area contributed by atoms with Gasteiger partial charge in [0.15, 0.2) is 5.76 Å². The lowest BCUT2D eigenvalue weighted by atomic mass is 10.2. The van der Waals surface area contributed by atoms with E-state index in [-0.39, 0.29) is 24.8 Å². The van der Waals surface area contributed by atoms with Crippen LogP contribution in [-0.2, 0) is 9.59 Å². The Kier molecular flexibility index (Phi) is 5.49. The number of nitrogens with zero attached hydrogens (tertiary/aromatic N) is 2. The van der Waals surface area contributed by atoms with Crippen molar-refractivity contribution in [3.05, 3.63) is 54.0 Å². The smallest absolute Gasteiger partial charge is 0.289 e. The molecule has 9 heteroatoms. The molecule has 27 heavy (non-hydrogen) atoms. The normalized spacial score (nSPS) is 14.1. The van der Waals surface area contributed by atoms with Crippen LogP contribution in [0, 0.1) is 11.6 Å². The van der Waals surface area contributed by atoms with Gasteiger partial charge in [-0.3, -0.25) is 14.4 Å². The number of furan rings is 1. The van der Waals surface area contributed by atoms with E-state index in [0.717, 1.165) is 12.1 Å². The lowest BCUT2D eigenvalue weighted by Gasteiger charge is -2.34. The number of carbonyl (C=O) groups excluding carboxylic acids is 3. The summed E-state index contributed by atoms with van der Waals surface area (Å²) in [5.74, 6) is -3.16. The van der Waals surface area contributed by atoms with Gasteiger partial charge < -0.3 is 19.5 Å². The molecule has 7 nitrogen and oxygen atoms in total. The van der Waals surface area contributed by atoms with E-state index < -0.39 is 35.6 Å². The molecule has 0 bridgehead atoms. The van der Waals surface area contributed by atoms with Crippen molar-refractivity contribution in [3.8, 4) is 0 Å². The average molecular weight is 377 g/mol. The van der Waals surface area contributed by atoms with E-state index in [2.05, 4.69) is 5.32 Å². The molecule has 1 fully saturated rings. The van der Waals surface area contributed by atoms with Gasteiger partial charge in [0, 0.05) is 26.2 Å². The number of rotatable bonds is 4. The zero-order valence-electron chi connectivity index (χ0n) is 14.3. The Hall–Kier alpha value is -3.23. The van der Waals surface area contributed by atoms with Crippen LogP contribution in [0.1, 0.15) is 17.0 Å². The number of benzene rings is 1. The van der Waals surface area contributed by atoms with Gasteiger partial charge in [0.2, 0.25) is 11.8 Å². The number of halogens is 2. The van der Waals surface area contributed by atoms with Crippen molar-refractivity contribution in [1.29, 1.82) is 0 Å². The Morgan fingerprint density at radius 1 is 0.963 bits per heavy atom. The van der Waals surface area contributed by atoms with Gasteiger partial charge in [0.25, 0.3) is 5.91 Å². The van der Waals surface area contributed by atoms with Crippen LogP contribution in [0.2, 0.25) is 0 Å². The van der Waals surface area contributed by atoms with Crippen molar-refractivity contribution in [2.24, 2.45) is 0 Å². The third-order valence-corrected chi connectivity index (χ3v) is 4.19. The average Bonchev–Trinajstić information content (AvgIpc) is 3.19. The molecule has 3 amide bonds. The molecule has 1 aliphatic heterocycles. The molecular formula is C18H17F2N3O4. The van der Waals surface area contributed by atoms with Crippen molar-refractivity contribution in [2.75, 3.05) is 31.5 Å². The highest BCUT2D eigenvalue weighted by Gasteiger charge is 2.27. The van der Waals surface area contributed by atoms with Crippen LogP contribution in [0.4, 0.5) is 14.5 Å². The molecule has 1 aromatic heterocycles. The van der Waals surface area contributed by atoms with Gasteiger partial charge in [0.05, 0.1) is 6.26 Å². The van der Waals surface area contributed by atoms with E-state index in [4.69, 9.17) is 4.42 Å². The van der Waals surface area contributed by atoms with Crippen molar-refractivity contribution in [3.63, 3.8) is 0 Å². The number of hydrogen-bond donors (Lipinski definition) is 1. The molecule has 0 radical (unpaired) electrons. The number of amides is 3. The lowest BCUT2D eigenvalue weighted by Crippen LogP contribution is -2.51. The number of piperazine rings is 1. The summed E-state index contributed by atoms with van der Waals surface area (Å²) >= 11 is 0. The van der Waals surface area contributed by atoms with Gasteiger partial charge in [-0.2, -0.15) is 0 Å². The predicted octanol–water partition coefficient (Wildman–Crippen LogP) is 1.87. The summed E-state index contributed by atoms with van der Waals surface area (Å²) in [5, 5.41) is 2.08. The zero-order chi connectivity index (χ0) is 19.4. The van der Waals surface area contributed by atoms with Gasteiger partial charge in [-0.05, 0) is 24.3 Å². The number of nitrogens with one attached hydrogen (secondary N) is 1. The van der Waals surface area contributed by atoms with Crippen LogP contribution in [0.3, 0.4) is 0 Å². The maximum Gasteiger partial charge on any atom is 0.289 e. The Morgan fingerprint density at radius 3 is 2.19 bits per heavy atom. The Balaban J connectivity index is 1.51. The van der Waals surface area contributed by atoms with Gasteiger partial charge in [-0.1, -0.05) is 6.07 Å². The maximum absolute atomic E-state index is 13.5. The first-order valence-electron chi connectivity index (χ1n) is 8.30. The first kappa shape index (κ1) is 18.6. The Bertz CT molecular complexity index is 826. The molecule has 2 heterocycles. The van der Waals surface area contributed by atoms with E-state index in [1.165, 1.54) is 17.2 Å². The number of hydrogen-bond acceptors (Lipinski definition) is 4. The largest absolute Gasteiger partial charge is 0.459 e. The summed E-state index contributed by atoms with van der Waals surface area (Å²) < 4.78 is 32.2. The van der Waals surface area contributed by atoms with E-state index in [1.54, 1.807) is 17.0 Å². The highest BCUT2D eigenvalue weighted by molar-refractivity contribution is 6.03. The standard InChI is InChI=1S/C18H17F2N3O4/c19-12-3-1-4-13(20)17(12)21-15(24)11-16(25)22-6-8-23(9-7-22)18(26)14-5-2-10-27-14/h1-5,10H,6-9,11H2,(H,21,24). The first-order chi connectivity index (χ1) is 13.0. The third-order valence-electron chi connectivity index (χ3n) is 4.19. The van der Waals surface area contributed by atoms with Crippen molar-refractivity contribution in [1.82, 2.24) is 9.80 Å². The Morgan fingerprint density at radius 2 is 1.59 bits per heavy atom. The minimum Gasteiger partial charge on any atom is -0.459 e. The molecule has 1 aliphatic rings. The van der Waals surface area contributed by atoms with Crippen LogP contribution >= 0.6 is 0 Å². The van der Waals surface area contributed by atoms with Crippen LogP contribution in [-0.4, -0.2) is 53.7 Å². The van der Waals surface area contributed by atoms with E-state index in [0.29, 0.717) is 13.1 Å². The van der Waals surface area contributed by atoms with E-state index in [9.17, 15) is 23.2 Å². The zero-order valence-corrected chi connectivity index (χ0v) is 14.3. The van der Waals surface area contributed by atoms with Crippen molar-refractivity contribution < 1.29 is 27.6 Å². The fraction of sp³-hybridized carbons (Fsp3) is 0.278. The minimum atomic E-state index is -0.916. The SMILES string of the molecule is O=C(CC(=O)N1CCN(C(=O)c2ccco2)CC1)Nc1c(F)cccc1F. The van der Waals surface area contributed by atoms with Crippen LogP contribution in [0.25, 0.3) is 0 Å². The maximum atomic E-state index is 13.5. The fourth-order valence-corrected chi connectivity index (χ4v) is 2.77. The molecule has 0 saturated carbocycles. The molecule has 142 valence electrons. The molecular weight excluding hydrogens is 360 g/mol. The van der Waals surface area contributed by atoms with Crippen LogP contribution in [0.15, 0.2) is 41.0 Å². The summed E-state index contributed by atoms with van der Waals surface area (Å²) in [7, 11) is 0. The Labute approximate surface area is 153 Å². The second-order valence-electron chi connectivity index (χ2n) is 5.97. The molecule has 0 aliphatic carbocycles. The molecule has 1 saturated heterocycles. The second-order valence-corrected chi connectivity index (χ2v) is 5.97. The fourth-order valence-electron chi connectivity index (χ4n) is 2.77. The topological polar surface area (TPSA) is 82.9 Å². The number of anilines is 1. The van der Waals surface area contributed by atoms with Crippen LogP contribution < -0.4 is 5.32 Å². The van der Waals surface area contributed by atoms with Crippen molar-refractivity contribution in [2.45, 2.75) is 6.42 Å². The summed E-state index contributed by atoms with van der Waals surface area (Å²) in [6.07, 6.45) is 0.865. The molecule has 1 N–H and O–H groups in total. The summed E-state index contributed by atoms with van der Waals surface area (Å²) in [4.78, 5) is 39.3. The predicted molar refractivity (Wildman–Crippen MR) is 90.8 cm³/mol. The minimum absolute atomic E-state index is 0.223. The van der Waals surface area contributed by atoms with Gasteiger partial charge in [-0.25, -0.2) is 8.78 Å². The quantitative estimate of drug-likeness (QED) is 0.825. The monoisotopic (exact) mass is 377 g/mol. The molecule has 1 aromatic carbocycles. The molecule has 0 atom stereocenters. The third kappa shape index (κ3) is 4.30. The summed E-state index contributed by atoms with van der Waals surface area (Å²) in [5.41, 5.74) is -0.579. The van der Waals surface area contributed by atoms with Crippen molar-refractivity contribution >= 4 is 23.4 Å².